The summed E-state index contributed by atoms with van der Waals surface area (Å²) in [6.07, 6.45) is 1.60. The average Bonchev–Trinajstić information content (AvgIpc) is 3.42. The van der Waals surface area contributed by atoms with Crippen LogP contribution in [0.1, 0.15) is 40.3 Å². The number of aromatic amines is 1. The number of nitrogens with two attached hydrogens (primary N) is 1. The maximum Gasteiger partial charge on any atom is 0.271 e. The molecule has 1 atom stereocenters. The van der Waals surface area contributed by atoms with Crippen molar-refractivity contribution in [2.45, 2.75) is 33.3 Å². The number of hydrogen-bond acceptors (Lipinski definition) is 9. The van der Waals surface area contributed by atoms with Crippen molar-refractivity contribution in [1.82, 2.24) is 14.3 Å². The standard InChI is InChI=1S/C23H25N7O3S2/c1-4-14-18(21(33)28-17-11(2)9-25-15-8-6-5-7-13(15)17)34-23(27-14)29-22-16(20(32)30-35-22)19(24)26-10-12(3)31/h5-9,12,31H,4,10H2,1-3H3,(H2,24,26)(H,27,29)(H,30,32)(H,25,28,33). The molecule has 1 amide bonds. The summed E-state index contributed by atoms with van der Waals surface area (Å²) >= 11 is 2.24. The van der Waals surface area contributed by atoms with E-state index in [1.807, 2.05) is 38.1 Å². The first kappa shape index (κ1) is 24.5. The highest BCUT2D eigenvalue weighted by Gasteiger charge is 2.21. The van der Waals surface area contributed by atoms with Crippen LogP contribution in [0.15, 0.2) is 40.2 Å². The molecule has 4 rings (SSSR count). The number of nitrogens with zero attached hydrogens (tertiary/aromatic N) is 3. The normalized spacial score (nSPS) is 12.6. The summed E-state index contributed by atoms with van der Waals surface area (Å²) in [6, 6.07) is 7.62. The molecule has 6 N–H and O–H groups in total. The number of anilines is 3. The second-order valence-electron chi connectivity index (χ2n) is 7.87. The lowest BCUT2D eigenvalue weighted by atomic mass is 10.1. The van der Waals surface area contributed by atoms with Gasteiger partial charge in [0.1, 0.15) is 21.3 Å². The quantitative estimate of drug-likeness (QED) is 0.179. The van der Waals surface area contributed by atoms with Crippen molar-refractivity contribution >= 4 is 61.3 Å². The summed E-state index contributed by atoms with van der Waals surface area (Å²) in [5.74, 6) is -0.256. The maximum atomic E-state index is 13.3. The number of aromatic nitrogens is 3. The molecule has 10 nitrogen and oxygen atoms in total. The number of aliphatic hydroxyl groups is 1. The zero-order valence-electron chi connectivity index (χ0n) is 19.4. The van der Waals surface area contributed by atoms with Crippen molar-refractivity contribution in [2.75, 3.05) is 17.2 Å². The second kappa shape index (κ2) is 10.3. The smallest absolute Gasteiger partial charge is 0.271 e. The number of amides is 1. The van der Waals surface area contributed by atoms with Crippen LogP contribution in [0.5, 0.6) is 0 Å². The molecule has 0 bridgehead atoms. The van der Waals surface area contributed by atoms with Gasteiger partial charge in [0.05, 0.1) is 29.5 Å². The number of para-hydroxylation sites is 1. The molecule has 182 valence electrons. The Bertz CT molecular complexity index is 1470. The fourth-order valence-corrected chi connectivity index (χ4v) is 5.19. The van der Waals surface area contributed by atoms with Gasteiger partial charge in [-0.2, -0.15) is 0 Å². The largest absolute Gasteiger partial charge is 0.391 e. The molecule has 1 aromatic carbocycles. The van der Waals surface area contributed by atoms with E-state index in [-0.39, 0.29) is 23.9 Å². The summed E-state index contributed by atoms with van der Waals surface area (Å²) in [4.78, 5) is 39.1. The van der Waals surface area contributed by atoms with Crippen molar-refractivity contribution < 1.29 is 9.90 Å². The van der Waals surface area contributed by atoms with Gasteiger partial charge in [-0.05, 0) is 43.4 Å². The molecule has 4 aromatic rings. The Morgan fingerprint density at radius 3 is 2.86 bits per heavy atom. The van der Waals surface area contributed by atoms with Crippen molar-refractivity contribution in [3.05, 3.63) is 62.5 Å². The lowest BCUT2D eigenvalue weighted by Gasteiger charge is -2.11. The molecule has 0 aliphatic heterocycles. The number of fused-ring (bicyclic) bond motifs is 1. The molecule has 3 aromatic heterocycles. The van der Waals surface area contributed by atoms with Crippen LogP contribution in [0.3, 0.4) is 0 Å². The van der Waals surface area contributed by atoms with Crippen molar-refractivity contribution in [3.8, 4) is 0 Å². The van der Waals surface area contributed by atoms with E-state index in [9.17, 15) is 14.7 Å². The van der Waals surface area contributed by atoms with Crippen LogP contribution in [0.2, 0.25) is 0 Å². The topological polar surface area (TPSA) is 158 Å². The highest BCUT2D eigenvalue weighted by molar-refractivity contribution is 7.18. The molecule has 0 aliphatic carbocycles. The molecule has 0 aliphatic rings. The average molecular weight is 512 g/mol. The highest BCUT2D eigenvalue weighted by atomic mass is 32.1. The SMILES string of the molecule is CCc1nc(Nc2s[nH]c(=O)c2C(N)=NCC(C)O)sc1C(=O)Nc1c(C)cnc2ccccc12. The van der Waals surface area contributed by atoms with E-state index in [2.05, 4.69) is 30.0 Å². The number of carbonyl (C=O) groups is 1. The molecule has 0 saturated carbocycles. The summed E-state index contributed by atoms with van der Waals surface area (Å²) in [6.45, 7) is 5.47. The number of aliphatic hydroxyl groups excluding tert-OH is 1. The Kier molecular flexibility index (Phi) is 7.24. The molecule has 0 spiro atoms. The minimum absolute atomic E-state index is 0.0150. The summed E-state index contributed by atoms with van der Waals surface area (Å²) in [7, 11) is 0. The lowest BCUT2D eigenvalue weighted by molar-refractivity contribution is 0.102. The molecule has 0 saturated heterocycles. The van der Waals surface area contributed by atoms with E-state index in [1.54, 1.807) is 13.1 Å². The van der Waals surface area contributed by atoms with Gasteiger partial charge in [-0.1, -0.05) is 36.5 Å². The van der Waals surface area contributed by atoms with Crippen LogP contribution in [0, 0.1) is 6.92 Å². The molecule has 1 unspecified atom stereocenters. The number of pyridine rings is 1. The summed E-state index contributed by atoms with van der Waals surface area (Å²) < 4.78 is 2.63. The minimum Gasteiger partial charge on any atom is -0.391 e. The van der Waals surface area contributed by atoms with Crippen molar-refractivity contribution in [2.24, 2.45) is 10.7 Å². The van der Waals surface area contributed by atoms with Gasteiger partial charge >= 0.3 is 0 Å². The Morgan fingerprint density at radius 1 is 1.34 bits per heavy atom. The van der Waals surface area contributed by atoms with E-state index in [0.717, 1.165) is 28.0 Å². The Balaban J connectivity index is 1.62. The van der Waals surface area contributed by atoms with Gasteiger partial charge in [0.25, 0.3) is 11.5 Å². The molecule has 12 heteroatoms. The van der Waals surface area contributed by atoms with Gasteiger partial charge in [-0.25, -0.2) is 4.98 Å². The molecule has 0 fully saturated rings. The van der Waals surface area contributed by atoms with E-state index in [4.69, 9.17) is 5.73 Å². The molecule has 3 heterocycles. The van der Waals surface area contributed by atoms with E-state index in [0.29, 0.717) is 32.8 Å². The van der Waals surface area contributed by atoms with Crippen LogP contribution >= 0.6 is 22.9 Å². The Morgan fingerprint density at radius 2 is 2.11 bits per heavy atom. The number of amidine groups is 1. The predicted molar refractivity (Wildman–Crippen MR) is 141 cm³/mol. The maximum absolute atomic E-state index is 13.3. The summed E-state index contributed by atoms with van der Waals surface area (Å²) in [5, 5.41) is 17.3. The second-order valence-corrected chi connectivity index (χ2v) is 9.69. The molecular formula is C23H25N7O3S2. The minimum atomic E-state index is -0.684. The van der Waals surface area contributed by atoms with Gasteiger partial charge in [-0.15, -0.1) is 0 Å². The zero-order chi connectivity index (χ0) is 25.1. The Hall–Kier alpha value is -3.61. The third-order valence-corrected chi connectivity index (χ3v) is 6.95. The number of carbonyl (C=O) groups excluding carboxylic acids is 1. The van der Waals surface area contributed by atoms with Crippen LogP contribution < -0.4 is 21.9 Å². The third-order valence-electron chi connectivity index (χ3n) is 5.14. The van der Waals surface area contributed by atoms with E-state index in [1.165, 1.54) is 11.3 Å². The fourth-order valence-electron chi connectivity index (χ4n) is 3.43. The van der Waals surface area contributed by atoms with Gasteiger partial charge < -0.3 is 21.5 Å². The molecule has 35 heavy (non-hydrogen) atoms. The summed E-state index contributed by atoms with van der Waals surface area (Å²) in [5.41, 5.74) is 8.76. The Labute approximate surface area is 209 Å². The van der Waals surface area contributed by atoms with E-state index < -0.39 is 11.7 Å². The number of aliphatic imine (C=N–C) groups is 1. The number of thiazole rings is 1. The van der Waals surface area contributed by atoms with Crippen LogP contribution in [-0.4, -0.2) is 43.8 Å². The van der Waals surface area contributed by atoms with Gasteiger partial charge in [0, 0.05) is 11.6 Å². The first-order valence-electron chi connectivity index (χ1n) is 10.9. The lowest BCUT2D eigenvalue weighted by Crippen LogP contribution is -2.23. The number of nitrogens with one attached hydrogen (secondary N) is 3. The predicted octanol–water partition coefficient (Wildman–Crippen LogP) is 3.39. The first-order chi connectivity index (χ1) is 16.8. The van der Waals surface area contributed by atoms with Gasteiger partial charge in [-0.3, -0.25) is 23.9 Å². The zero-order valence-corrected chi connectivity index (χ0v) is 21.0. The third kappa shape index (κ3) is 5.24. The van der Waals surface area contributed by atoms with Gasteiger partial charge in [0.2, 0.25) is 0 Å². The van der Waals surface area contributed by atoms with Crippen LogP contribution in [0.4, 0.5) is 15.8 Å². The monoisotopic (exact) mass is 511 g/mol. The van der Waals surface area contributed by atoms with E-state index >= 15 is 0 Å². The fraction of sp³-hybridized carbons (Fsp3) is 0.261. The van der Waals surface area contributed by atoms with Crippen molar-refractivity contribution in [3.63, 3.8) is 0 Å². The molecule has 0 radical (unpaired) electrons. The number of hydrogen-bond donors (Lipinski definition) is 5. The highest BCUT2D eigenvalue weighted by Crippen LogP contribution is 2.31. The molecular weight excluding hydrogens is 486 g/mol. The number of rotatable bonds is 8. The first-order valence-corrected chi connectivity index (χ1v) is 12.5. The number of H-pyrrole nitrogens is 1. The van der Waals surface area contributed by atoms with Gasteiger partial charge in [0.15, 0.2) is 5.13 Å². The van der Waals surface area contributed by atoms with Crippen LogP contribution in [-0.2, 0) is 6.42 Å². The van der Waals surface area contributed by atoms with Crippen molar-refractivity contribution in [1.29, 1.82) is 0 Å². The number of benzene rings is 1. The van der Waals surface area contributed by atoms with Crippen LogP contribution in [0.25, 0.3) is 10.9 Å². The number of aryl methyl sites for hydroxylation is 2.